The lowest BCUT2D eigenvalue weighted by atomic mass is 10.2. The monoisotopic (exact) mass is 311 g/mol. The predicted molar refractivity (Wildman–Crippen MR) is 89.0 cm³/mol. The van der Waals surface area contributed by atoms with Gasteiger partial charge in [0.1, 0.15) is 6.07 Å². The van der Waals surface area contributed by atoms with Crippen LogP contribution in [0.2, 0.25) is 0 Å². The molecule has 1 aromatic heterocycles. The van der Waals surface area contributed by atoms with Crippen LogP contribution in [-0.4, -0.2) is 18.1 Å². The van der Waals surface area contributed by atoms with E-state index in [4.69, 9.17) is 14.4 Å². The van der Waals surface area contributed by atoms with E-state index in [0.29, 0.717) is 37.2 Å². The maximum Gasteiger partial charge on any atom is 0.232 e. The lowest BCUT2D eigenvalue weighted by Gasteiger charge is -2.01. The number of hydrogen-bond donors (Lipinski definition) is 1. The highest BCUT2D eigenvalue weighted by molar-refractivity contribution is 5.45. The Labute approximate surface area is 136 Å². The SMILES string of the molecule is CC(C)c1nc(C#N)c(NC/C=C/COCc2ccccc2)o1. The minimum atomic E-state index is 0.152. The van der Waals surface area contributed by atoms with E-state index in [1.807, 2.05) is 62.4 Å². The molecule has 1 aromatic carbocycles. The summed E-state index contributed by atoms with van der Waals surface area (Å²) in [5.74, 6) is 1.14. The molecule has 0 saturated carbocycles. The molecule has 0 aliphatic rings. The van der Waals surface area contributed by atoms with Crippen molar-refractivity contribution in [3.8, 4) is 6.07 Å². The van der Waals surface area contributed by atoms with Crippen LogP contribution in [0.5, 0.6) is 0 Å². The highest BCUT2D eigenvalue weighted by Crippen LogP contribution is 2.21. The van der Waals surface area contributed by atoms with E-state index in [1.165, 1.54) is 0 Å². The fourth-order valence-electron chi connectivity index (χ4n) is 1.90. The van der Waals surface area contributed by atoms with Crippen molar-refractivity contribution in [3.05, 3.63) is 59.6 Å². The lowest BCUT2D eigenvalue weighted by Crippen LogP contribution is -1.99. The third-order valence-corrected chi connectivity index (χ3v) is 3.12. The van der Waals surface area contributed by atoms with E-state index in [-0.39, 0.29) is 5.92 Å². The number of nitrogens with one attached hydrogen (secondary N) is 1. The largest absolute Gasteiger partial charge is 0.424 e. The Kier molecular flexibility index (Phi) is 6.40. The minimum Gasteiger partial charge on any atom is -0.424 e. The topological polar surface area (TPSA) is 71.1 Å². The van der Waals surface area contributed by atoms with Gasteiger partial charge < -0.3 is 14.5 Å². The van der Waals surface area contributed by atoms with Gasteiger partial charge in [0.25, 0.3) is 0 Å². The van der Waals surface area contributed by atoms with Gasteiger partial charge in [-0.05, 0) is 5.56 Å². The van der Waals surface area contributed by atoms with E-state index in [0.717, 1.165) is 5.56 Å². The fraction of sp³-hybridized carbons (Fsp3) is 0.333. The number of nitriles is 1. The molecule has 0 aliphatic carbocycles. The first-order chi connectivity index (χ1) is 11.2. The first kappa shape index (κ1) is 16.8. The molecule has 0 saturated heterocycles. The molecule has 1 N–H and O–H groups in total. The molecule has 0 aliphatic heterocycles. The predicted octanol–water partition coefficient (Wildman–Crippen LogP) is 3.85. The summed E-state index contributed by atoms with van der Waals surface area (Å²) in [6.07, 6.45) is 3.87. The normalized spacial score (nSPS) is 11.0. The summed E-state index contributed by atoms with van der Waals surface area (Å²) in [5.41, 5.74) is 1.45. The van der Waals surface area contributed by atoms with Gasteiger partial charge in [0.05, 0.1) is 13.2 Å². The van der Waals surface area contributed by atoms with Crippen molar-refractivity contribution >= 4 is 5.88 Å². The van der Waals surface area contributed by atoms with Crippen molar-refractivity contribution in [2.24, 2.45) is 0 Å². The number of oxazole rings is 1. The smallest absolute Gasteiger partial charge is 0.232 e. The van der Waals surface area contributed by atoms with E-state index < -0.39 is 0 Å². The molecule has 1 heterocycles. The Morgan fingerprint density at radius 3 is 2.78 bits per heavy atom. The zero-order valence-corrected chi connectivity index (χ0v) is 13.5. The maximum atomic E-state index is 9.04. The molecule has 5 heteroatoms. The molecule has 2 aromatic rings. The Morgan fingerprint density at radius 2 is 2.09 bits per heavy atom. The lowest BCUT2D eigenvalue weighted by molar-refractivity contribution is 0.148. The van der Waals surface area contributed by atoms with Gasteiger partial charge in [-0.1, -0.05) is 56.3 Å². The van der Waals surface area contributed by atoms with Crippen molar-refractivity contribution in [2.45, 2.75) is 26.4 Å². The average molecular weight is 311 g/mol. The second-order valence-electron chi connectivity index (χ2n) is 5.35. The summed E-state index contributed by atoms with van der Waals surface area (Å²) >= 11 is 0. The Hall–Kier alpha value is -2.58. The first-order valence-corrected chi connectivity index (χ1v) is 7.62. The molecule has 0 fully saturated rings. The molecule has 5 nitrogen and oxygen atoms in total. The number of benzene rings is 1. The van der Waals surface area contributed by atoms with Crippen LogP contribution < -0.4 is 5.32 Å². The highest BCUT2D eigenvalue weighted by Gasteiger charge is 2.14. The zero-order valence-electron chi connectivity index (χ0n) is 13.5. The van der Waals surface area contributed by atoms with E-state index in [1.54, 1.807) is 0 Å². The molecule has 0 bridgehead atoms. The molecule has 0 amide bonds. The van der Waals surface area contributed by atoms with Crippen molar-refractivity contribution in [2.75, 3.05) is 18.5 Å². The van der Waals surface area contributed by atoms with Gasteiger partial charge in [-0.25, -0.2) is 4.98 Å². The molecular formula is C18H21N3O2. The third-order valence-electron chi connectivity index (χ3n) is 3.12. The van der Waals surface area contributed by atoms with Crippen molar-refractivity contribution in [3.63, 3.8) is 0 Å². The van der Waals surface area contributed by atoms with Crippen LogP contribution in [0, 0.1) is 11.3 Å². The second-order valence-corrected chi connectivity index (χ2v) is 5.35. The molecule has 120 valence electrons. The number of anilines is 1. The van der Waals surface area contributed by atoms with E-state index >= 15 is 0 Å². The molecule has 0 atom stereocenters. The summed E-state index contributed by atoms with van der Waals surface area (Å²) in [6, 6.07) is 12.1. The van der Waals surface area contributed by atoms with Crippen LogP contribution in [0.1, 0.15) is 36.9 Å². The number of hydrogen-bond acceptors (Lipinski definition) is 5. The molecule has 0 spiro atoms. The number of aromatic nitrogens is 1. The molecular weight excluding hydrogens is 290 g/mol. The Balaban J connectivity index is 1.71. The second kappa shape index (κ2) is 8.76. The summed E-state index contributed by atoms with van der Waals surface area (Å²) in [4.78, 5) is 4.15. The van der Waals surface area contributed by atoms with Crippen molar-refractivity contribution in [1.82, 2.24) is 4.98 Å². The molecule has 23 heavy (non-hydrogen) atoms. The maximum absolute atomic E-state index is 9.04. The van der Waals surface area contributed by atoms with Crippen LogP contribution in [0.3, 0.4) is 0 Å². The first-order valence-electron chi connectivity index (χ1n) is 7.62. The summed E-state index contributed by atoms with van der Waals surface area (Å²) in [5, 5.41) is 12.1. The fourth-order valence-corrected chi connectivity index (χ4v) is 1.90. The Bertz CT molecular complexity index is 669. The van der Waals surface area contributed by atoms with Crippen LogP contribution in [0.4, 0.5) is 5.88 Å². The third kappa shape index (κ3) is 5.28. The van der Waals surface area contributed by atoms with E-state index in [9.17, 15) is 0 Å². The summed E-state index contributed by atoms with van der Waals surface area (Å²) < 4.78 is 11.1. The summed E-state index contributed by atoms with van der Waals surface area (Å²) in [7, 11) is 0. The van der Waals surface area contributed by atoms with Gasteiger partial charge in [-0.15, -0.1) is 0 Å². The van der Waals surface area contributed by atoms with Crippen molar-refractivity contribution < 1.29 is 9.15 Å². The van der Waals surface area contributed by atoms with Gasteiger partial charge in [0.2, 0.25) is 17.5 Å². The van der Waals surface area contributed by atoms with Gasteiger partial charge in [-0.3, -0.25) is 0 Å². The standard InChI is InChI=1S/C18H21N3O2/c1-14(2)17-21-16(12-19)18(23-17)20-10-6-7-11-22-13-15-8-4-3-5-9-15/h3-9,14,20H,10-11,13H2,1-2H3/b7-6+. The molecule has 0 unspecified atom stereocenters. The van der Waals surface area contributed by atoms with Crippen molar-refractivity contribution in [1.29, 1.82) is 5.26 Å². The number of ether oxygens (including phenoxy) is 1. The zero-order chi connectivity index (χ0) is 16.5. The van der Waals surface area contributed by atoms with E-state index in [2.05, 4.69) is 10.3 Å². The molecule has 0 radical (unpaired) electrons. The number of nitrogens with zero attached hydrogens (tertiary/aromatic N) is 2. The minimum absolute atomic E-state index is 0.152. The average Bonchev–Trinajstić information content (AvgIpc) is 2.98. The molecule has 2 rings (SSSR count). The number of rotatable bonds is 8. The van der Waals surface area contributed by atoms with Gasteiger partial charge in [0, 0.05) is 12.5 Å². The van der Waals surface area contributed by atoms with Crippen LogP contribution in [0.15, 0.2) is 46.9 Å². The Morgan fingerprint density at radius 1 is 1.30 bits per heavy atom. The quantitative estimate of drug-likeness (QED) is 0.592. The summed E-state index contributed by atoms with van der Waals surface area (Å²) in [6.45, 7) is 5.63. The highest BCUT2D eigenvalue weighted by atomic mass is 16.5. The van der Waals surface area contributed by atoms with Crippen LogP contribution >= 0.6 is 0 Å². The van der Waals surface area contributed by atoms with Crippen LogP contribution in [-0.2, 0) is 11.3 Å². The van der Waals surface area contributed by atoms with Gasteiger partial charge in [-0.2, -0.15) is 5.26 Å². The van der Waals surface area contributed by atoms with Gasteiger partial charge >= 0.3 is 0 Å². The van der Waals surface area contributed by atoms with Gasteiger partial charge in [0.15, 0.2) is 0 Å². The van der Waals surface area contributed by atoms with Crippen LogP contribution in [0.25, 0.3) is 0 Å².